The number of anilines is 3. The molecular formula is C22H13N3OS. The van der Waals surface area contributed by atoms with Crippen LogP contribution in [-0.4, -0.2) is 9.97 Å². The van der Waals surface area contributed by atoms with Crippen LogP contribution < -0.4 is 4.90 Å². The molecule has 0 spiro atoms. The van der Waals surface area contributed by atoms with E-state index in [4.69, 9.17) is 4.42 Å². The third-order valence-corrected chi connectivity index (χ3v) is 5.91. The molecule has 0 saturated carbocycles. The van der Waals surface area contributed by atoms with Gasteiger partial charge in [0.15, 0.2) is 0 Å². The fourth-order valence-electron chi connectivity index (χ4n) is 3.60. The van der Waals surface area contributed by atoms with Crippen molar-refractivity contribution in [1.82, 2.24) is 9.97 Å². The number of furan rings is 1. The van der Waals surface area contributed by atoms with Crippen molar-refractivity contribution >= 4 is 51.0 Å². The molecule has 5 heteroatoms. The van der Waals surface area contributed by atoms with Crippen LogP contribution in [0.2, 0.25) is 0 Å². The molecule has 3 aromatic carbocycles. The van der Waals surface area contributed by atoms with E-state index in [0.29, 0.717) is 5.71 Å². The summed E-state index contributed by atoms with van der Waals surface area (Å²) < 4.78 is 5.95. The maximum atomic E-state index is 5.95. The van der Waals surface area contributed by atoms with E-state index in [1.165, 1.54) is 21.2 Å². The van der Waals surface area contributed by atoms with Gasteiger partial charge in [0.05, 0.1) is 11.4 Å². The van der Waals surface area contributed by atoms with Crippen molar-refractivity contribution < 1.29 is 4.42 Å². The van der Waals surface area contributed by atoms with E-state index in [9.17, 15) is 0 Å². The van der Waals surface area contributed by atoms with E-state index >= 15 is 0 Å². The van der Waals surface area contributed by atoms with Gasteiger partial charge in [-0.1, -0.05) is 36.0 Å². The lowest BCUT2D eigenvalue weighted by Gasteiger charge is -2.32. The van der Waals surface area contributed by atoms with Crippen molar-refractivity contribution in [2.45, 2.75) is 9.79 Å². The lowest BCUT2D eigenvalue weighted by Crippen LogP contribution is -2.14. The highest BCUT2D eigenvalue weighted by Crippen LogP contribution is 2.51. The highest BCUT2D eigenvalue weighted by atomic mass is 32.2. The first kappa shape index (κ1) is 14.8. The molecule has 3 heterocycles. The first-order chi connectivity index (χ1) is 13.4. The van der Waals surface area contributed by atoms with E-state index in [0.717, 1.165) is 22.2 Å². The highest BCUT2D eigenvalue weighted by molar-refractivity contribution is 7.99. The number of rotatable bonds is 1. The molecule has 0 bridgehead atoms. The quantitative estimate of drug-likeness (QED) is 0.341. The van der Waals surface area contributed by atoms with Gasteiger partial charge in [-0.2, -0.15) is 0 Å². The molecule has 0 amide bonds. The molecule has 1 aliphatic rings. The maximum absolute atomic E-state index is 5.95. The summed E-state index contributed by atoms with van der Waals surface area (Å²) in [5.74, 6) is 0. The molecule has 0 unspecified atom stereocenters. The molecule has 1 aliphatic heterocycles. The van der Waals surface area contributed by atoms with Crippen molar-refractivity contribution in [1.29, 1.82) is 0 Å². The van der Waals surface area contributed by atoms with Crippen LogP contribution in [0.25, 0.3) is 22.2 Å². The van der Waals surface area contributed by atoms with E-state index < -0.39 is 0 Å². The predicted molar refractivity (Wildman–Crippen MR) is 108 cm³/mol. The van der Waals surface area contributed by atoms with Gasteiger partial charge in [-0.05, 0) is 36.4 Å². The molecule has 6 rings (SSSR count). The third-order valence-electron chi connectivity index (χ3n) is 4.78. The molecule has 0 radical (unpaired) electrons. The van der Waals surface area contributed by atoms with Gasteiger partial charge in [0.25, 0.3) is 0 Å². The van der Waals surface area contributed by atoms with E-state index in [1.54, 1.807) is 24.2 Å². The minimum Gasteiger partial charge on any atom is -0.436 e. The second-order valence-electron chi connectivity index (χ2n) is 6.37. The topological polar surface area (TPSA) is 42.2 Å². The number of benzene rings is 3. The predicted octanol–water partition coefficient (Wildman–Crippen LogP) is 6.31. The van der Waals surface area contributed by atoms with Crippen LogP contribution in [-0.2, 0) is 0 Å². The largest absolute Gasteiger partial charge is 0.436 e. The summed E-state index contributed by atoms with van der Waals surface area (Å²) in [4.78, 5) is 13.5. The zero-order valence-electron chi connectivity index (χ0n) is 14.2. The molecule has 5 aromatic rings. The minimum absolute atomic E-state index is 0.569. The molecule has 0 atom stereocenters. The van der Waals surface area contributed by atoms with Crippen LogP contribution in [0.5, 0.6) is 0 Å². The molecule has 0 N–H and O–H groups in total. The Kier molecular flexibility index (Phi) is 3.07. The molecule has 0 saturated heterocycles. The van der Waals surface area contributed by atoms with Gasteiger partial charge >= 0.3 is 0 Å². The SMILES string of the molecule is c1ccc2c(c1)Sc1ccccc1N2c1ccc2c(c1)oc1nccnc12. The summed E-state index contributed by atoms with van der Waals surface area (Å²) >= 11 is 1.80. The van der Waals surface area contributed by atoms with Crippen LogP contribution in [0.4, 0.5) is 17.1 Å². The molecule has 0 fully saturated rings. The maximum Gasteiger partial charge on any atom is 0.246 e. The summed E-state index contributed by atoms with van der Waals surface area (Å²) in [5.41, 5.74) is 5.57. The average Bonchev–Trinajstić information content (AvgIpc) is 3.09. The fraction of sp³-hybridized carbons (Fsp3) is 0. The zero-order chi connectivity index (χ0) is 17.8. The molecular weight excluding hydrogens is 354 g/mol. The lowest BCUT2D eigenvalue weighted by atomic mass is 10.1. The van der Waals surface area contributed by atoms with Crippen LogP contribution in [0, 0.1) is 0 Å². The van der Waals surface area contributed by atoms with Crippen molar-refractivity contribution in [2.75, 3.05) is 4.90 Å². The Morgan fingerprint density at radius 2 is 1.48 bits per heavy atom. The summed E-state index contributed by atoms with van der Waals surface area (Å²) in [5, 5.41) is 0.981. The summed E-state index contributed by atoms with van der Waals surface area (Å²) in [6.45, 7) is 0. The summed E-state index contributed by atoms with van der Waals surface area (Å²) in [6, 6.07) is 23.2. The van der Waals surface area contributed by atoms with Crippen molar-refractivity contribution in [2.24, 2.45) is 0 Å². The van der Waals surface area contributed by atoms with Crippen molar-refractivity contribution in [3.05, 3.63) is 79.1 Å². The van der Waals surface area contributed by atoms with Crippen LogP contribution in [0.1, 0.15) is 0 Å². The Balaban J connectivity index is 1.61. The molecule has 27 heavy (non-hydrogen) atoms. The van der Waals surface area contributed by atoms with Gasteiger partial charge < -0.3 is 9.32 Å². The second-order valence-corrected chi connectivity index (χ2v) is 7.45. The van der Waals surface area contributed by atoms with Crippen LogP contribution in [0.15, 0.2) is 93.3 Å². The normalized spacial score (nSPS) is 13.0. The van der Waals surface area contributed by atoms with Crippen LogP contribution in [0.3, 0.4) is 0 Å². The van der Waals surface area contributed by atoms with Gasteiger partial charge in [-0.15, -0.1) is 0 Å². The average molecular weight is 367 g/mol. The first-order valence-corrected chi connectivity index (χ1v) is 9.49. The Morgan fingerprint density at radius 3 is 2.26 bits per heavy atom. The Morgan fingerprint density at radius 1 is 0.778 bits per heavy atom. The smallest absolute Gasteiger partial charge is 0.246 e. The monoisotopic (exact) mass is 367 g/mol. The Bertz CT molecular complexity index is 1280. The minimum atomic E-state index is 0.569. The number of fused-ring (bicyclic) bond motifs is 5. The van der Waals surface area contributed by atoms with E-state index in [-0.39, 0.29) is 0 Å². The van der Waals surface area contributed by atoms with E-state index in [1.807, 2.05) is 0 Å². The number of hydrogen-bond donors (Lipinski definition) is 0. The van der Waals surface area contributed by atoms with Gasteiger partial charge in [0, 0.05) is 39.3 Å². The Labute approximate surface area is 159 Å². The third kappa shape index (κ3) is 2.18. The molecule has 2 aromatic heterocycles. The number of para-hydroxylation sites is 2. The number of nitrogens with zero attached hydrogens (tertiary/aromatic N) is 3. The van der Waals surface area contributed by atoms with Crippen molar-refractivity contribution in [3.8, 4) is 0 Å². The molecule has 4 nitrogen and oxygen atoms in total. The second kappa shape index (κ2) is 5.59. The van der Waals surface area contributed by atoms with E-state index in [2.05, 4.69) is 81.6 Å². The summed E-state index contributed by atoms with van der Waals surface area (Å²) in [7, 11) is 0. The molecule has 0 aliphatic carbocycles. The molecule has 128 valence electrons. The highest BCUT2D eigenvalue weighted by Gasteiger charge is 2.24. The van der Waals surface area contributed by atoms with Crippen LogP contribution >= 0.6 is 11.8 Å². The van der Waals surface area contributed by atoms with Gasteiger partial charge in [0.1, 0.15) is 11.1 Å². The number of aromatic nitrogens is 2. The standard InChI is InChI=1S/C22H13N3OS/c1-3-7-19-16(5-1)25(17-6-2-4-8-20(17)27-19)14-9-10-15-18(13-14)26-22-21(15)23-11-12-24-22/h1-13H. The lowest BCUT2D eigenvalue weighted by molar-refractivity contribution is 0.653. The van der Waals surface area contributed by atoms with Gasteiger partial charge in [-0.25, -0.2) is 9.97 Å². The van der Waals surface area contributed by atoms with Gasteiger partial charge in [0.2, 0.25) is 5.71 Å². The van der Waals surface area contributed by atoms with Gasteiger partial charge in [-0.3, -0.25) is 0 Å². The first-order valence-electron chi connectivity index (χ1n) is 8.68. The summed E-state index contributed by atoms with van der Waals surface area (Å²) in [6.07, 6.45) is 3.35. The number of hydrogen-bond acceptors (Lipinski definition) is 5. The Hall–Kier alpha value is -3.31. The van der Waals surface area contributed by atoms with Crippen molar-refractivity contribution in [3.63, 3.8) is 0 Å². The fourth-order valence-corrected chi connectivity index (χ4v) is 4.66. The zero-order valence-corrected chi connectivity index (χ0v) is 15.0.